The Labute approximate surface area is 117 Å². The van der Waals surface area contributed by atoms with Gasteiger partial charge in [0.15, 0.2) is 0 Å². The van der Waals surface area contributed by atoms with Crippen molar-refractivity contribution in [2.45, 2.75) is 19.3 Å². The fourth-order valence-corrected chi connectivity index (χ4v) is 2.72. The van der Waals surface area contributed by atoms with Crippen LogP contribution in [0.25, 0.3) is 0 Å². The number of nitro groups is 1. The van der Waals surface area contributed by atoms with Gasteiger partial charge < -0.3 is 5.32 Å². The largest absolute Gasteiger partial charge is 0.379 e. The van der Waals surface area contributed by atoms with E-state index in [9.17, 15) is 10.1 Å². The van der Waals surface area contributed by atoms with Gasteiger partial charge >= 0.3 is 0 Å². The van der Waals surface area contributed by atoms with Crippen molar-refractivity contribution in [1.29, 1.82) is 0 Å². The molecule has 1 N–H and O–H groups in total. The molecule has 0 radical (unpaired) electrons. The van der Waals surface area contributed by atoms with Crippen LogP contribution in [0.5, 0.6) is 0 Å². The van der Waals surface area contributed by atoms with Gasteiger partial charge in [-0.25, -0.2) is 0 Å². The summed E-state index contributed by atoms with van der Waals surface area (Å²) >= 11 is 0. The molecule has 0 heterocycles. The second kappa shape index (κ2) is 4.96. The number of nitrogens with one attached hydrogen (secondary N) is 1. The molecule has 102 valence electrons. The predicted molar refractivity (Wildman–Crippen MR) is 79.2 cm³/mol. The number of fused-ring (bicyclic) bond motifs is 1. The van der Waals surface area contributed by atoms with Gasteiger partial charge in [0, 0.05) is 18.5 Å². The number of hydrogen-bond acceptors (Lipinski definition) is 3. The van der Waals surface area contributed by atoms with Crippen LogP contribution < -0.4 is 5.32 Å². The average Bonchev–Trinajstić information content (AvgIpc) is 2.41. The van der Waals surface area contributed by atoms with Crippen LogP contribution in [-0.2, 0) is 6.42 Å². The molecular weight excluding hydrogens is 252 g/mol. The van der Waals surface area contributed by atoms with Crippen LogP contribution in [0.2, 0.25) is 0 Å². The molecule has 0 bridgehead atoms. The first-order valence-corrected chi connectivity index (χ1v) is 6.72. The highest BCUT2D eigenvalue weighted by Gasteiger charge is 2.25. The van der Waals surface area contributed by atoms with Gasteiger partial charge in [-0.05, 0) is 36.1 Å². The Bertz CT molecular complexity index is 667. The number of nitro benzene ring substituents is 1. The predicted octanol–water partition coefficient (Wildman–Crippen LogP) is 3.66. The van der Waals surface area contributed by atoms with Crippen molar-refractivity contribution >= 4 is 11.4 Å². The minimum absolute atomic E-state index is 0.151. The van der Waals surface area contributed by atoms with Gasteiger partial charge in [0.25, 0.3) is 5.69 Å². The Hall–Kier alpha value is -2.36. The number of aryl methyl sites for hydroxylation is 1. The first-order chi connectivity index (χ1) is 9.65. The number of hydrogen-bond donors (Lipinski definition) is 1. The van der Waals surface area contributed by atoms with E-state index >= 15 is 0 Å². The number of benzene rings is 2. The monoisotopic (exact) mass is 268 g/mol. The minimum Gasteiger partial charge on any atom is -0.379 e. The highest BCUT2D eigenvalue weighted by atomic mass is 16.6. The van der Waals surface area contributed by atoms with Gasteiger partial charge in [0.05, 0.1) is 4.92 Å². The van der Waals surface area contributed by atoms with Crippen LogP contribution in [0.3, 0.4) is 0 Å². The summed E-state index contributed by atoms with van der Waals surface area (Å²) in [4.78, 5) is 10.7. The molecule has 0 saturated heterocycles. The van der Waals surface area contributed by atoms with Crippen molar-refractivity contribution in [1.82, 2.24) is 0 Å². The molecule has 1 atom stereocenters. The third kappa shape index (κ3) is 2.25. The van der Waals surface area contributed by atoms with Gasteiger partial charge in [-0.2, -0.15) is 0 Å². The molecule has 0 aromatic heterocycles. The molecular formula is C16H16N2O2. The molecule has 0 aliphatic heterocycles. The molecule has 0 spiro atoms. The summed E-state index contributed by atoms with van der Waals surface area (Å²) in [6.07, 6.45) is 1.04. The van der Waals surface area contributed by atoms with E-state index in [0.29, 0.717) is 11.6 Å². The standard InChI is InChI=1S/C16H16N2O2/c1-11-6-7-15(16(8-11)18(19)20)17-10-13-9-12-4-2-3-5-14(12)13/h2-8,13,17H,9-10H2,1H3. The minimum atomic E-state index is -0.329. The molecule has 1 aliphatic rings. The molecule has 4 nitrogen and oxygen atoms in total. The molecule has 0 amide bonds. The molecule has 3 rings (SSSR count). The zero-order chi connectivity index (χ0) is 14.1. The van der Waals surface area contributed by atoms with Gasteiger partial charge in [-0.15, -0.1) is 0 Å². The molecule has 2 aromatic rings. The maximum Gasteiger partial charge on any atom is 0.292 e. The Morgan fingerprint density at radius 1 is 1.30 bits per heavy atom. The second-order valence-electron chi connectivity index (χ2n) is 5.26. The first kappa shape index (κ1) is 12.7. The summed E-state index contributed by atoms with van der Waals surface area (Å²) in [6.45, 7) is 2.60. The summed E-state index contributed by atoms with van der Waals surface area (Å²) in [5.41, 5.74) is 4.39. The molecule has 4 heteroatoms. The van der Waals surface area contributed by atoms with E-state index in [1.54, 1.807) is 12.1 Å². The Morgan fingerprint density at radius 3 is 2.85 bits per heavy atom. The lowest BCUT2D eigenvalue weighted by Gasteiger charge is -2.30. The van der Waals surface area contributed by atoms with E-state index in [1.807, 2.05) is 25.1 Å². The fourth-order valence-electron chi connectivity index (χ4n) is 2.72. The number of nitrogens with zero attached hydrogens (tertiary/aromatic N) is 1. The van der Waals surface area contributed by atoms with E-state index in [4.69, 9.17) is 0 Å². The zero-order valence-corrected chi connectivity index (χ0v) is 11.3. The van der Waals surface area contributed by atoms with Crippen molar-refractivity contribution in [3.8, 4) is 0 Å². The fraction of sp³-hybridized carbons (Fsp3) is 0.250. The smallest absolute Gasteiger partial charge is 0.292 e. The Balaban J connectivity index is 1.73. The van der Waals surface area contributed by atoms with Gasteiger partial charge in [0.2, 0.25) is 0 Å². The Morgan fingerprint density at radius 2 is 2.10 bits per heavy atom. The molecule has 1 unspecified atom stereocenters. The van der Waals surface area contributed by atoms with E-state index < -0.39 is 0 Å². The van der Waals surface area contributed by atoms with Crippen LogP contribution >= 0.6 is 0 Å². The van der Waals surface area contributed by atoms with Gasteiger partial charge in [-0.1, -0.05) is 30.3 Å². The third-order valence-corrected chi connectivity index (χ3v) is 3.85. The summed E-state index contributed by atoms with van der Waals surface area (Å²) < 4.78 is 0. The summed E-state index contributed by atoms with van der Waals surface area (Å²) in [7, 11) is 0. The highest BCUT2D eigenvalue weighted by Crippen LogP contribution is 2.35. The van der Waals surface area contributed by atoms with Crippen LogP contribution in [0.15, 0.2) is 42.5 Å². The van der Waals surface area contributed by atoms with E-state index in [2.05, 4.69) is 17.4 Å². The van der Waals surface area contributed by atoms with Crippen molar-refractivity contribution in [2.24, 2.45) is 0 Å². The van der Waals surface area contributed by atoms with Crippen LogP contribution in [0.1, 0.15) is 22.6 Å². The van der Waals surface area contributed by atoms with Crippen molar-refractivity contribution in [2.75, 3.05) is 11.9 Å². The molecule has 1 aliphatic carbocycles. The number of rotatable bonds is 4. The lowest BCUT2D eigenvalue weighted by atomic mass is 9.77. The van der Waals surface area contributed by atoms with Crippen molar-refractivity contribution in [3.63, 3.8) is 0 Å². The molecule has 0 saturated carbocycles. The van der Waals surface area contributed by atoms with E-state index in [1.165, 1.54) is 11.1 Å². The molecule has 20 heavy (non-hydrogen) atoms. The SMILES string of the molecule is Cc1ccc(NCC2Cc3ccccc32)c([N+](=O)[O-])c1. The quantitative estimate of drug-likeness (QED) is 0.680. The second-order valence-corrected chi connectivity index (χ2v) is 5.26. The Kier molecular flexibility index (Phi) is 3.14. The lowest BCUT2D eigenvalue weighted by Crippen LogP contribution is -2.24. The highest BCUT2D eigenvalue weighted by molar-refractivity contribution is 5.63. The van der Waals surface area contributed by atoms with E-state index in [0.717, 1.165) is 18.5 Å². The maximum absolute atomic E-state index is 11.1. The van der Waals surface area contributed by atoms with Crippen LogP contribution in [-0.4, -0.2) is 11.5 Å². The van der Waals surface area contributed by atoms with Gasteiger partial charge in [-0.3, -0.25) is 10.1 Å². The van der Waals surface area contributed by atoms with Crippen molar-refractivity contribution < 1.29 is 4.92 Å². The summed E-state index contributed by atoms with van der Waals surface area (Å²) in [5.74, 6) is 0.451. The van der Waals surface area contributed by atoms with Crippen LogP contribution in [0, 0.1) is 17.0 Å². The van der Waals surface area contributed by atoms with Gasteiger partial charge in [0.1, 0.15) is 5.69 Å². The summed E-state index contributed by atoms with van der Waals surface area (Å²) in [5, 5.41) is 14.3. The average molecular weight is 268 g/mol. The van der Waals surface area contributed by atoms with Crippen LogP contribution in [0.4, 0.5) is 11.4 Å². The lowest BCUT2D eigenvalue weighted by molar-refractivity contribution is -0.384. The third-order valence-electron chi connectivity index (χ3n) is 3.85. The van der Waals surface area contributed by atoms with E-state index in [-0.39, 0.29) is 10.6 Å². The molecule has 2 aromatic carbocycles. The number of anilines is 1. The first-order valence-electron chi connectivity index (χ1n) is 6.72. The van der Waals surface area contributed by atoms with Crippen molar-refractivity contribution in [3.05, 3.63) is 69.3 Å². The molecule has 0 fully saturated rings. The normalized spacial score (nSPS) is 16.1. The maximum atomic E-state index is 11.1. The zero-order valence-electron chi connectivity index (χ0n) is 11.3. The summed E-state index contributed by atoms with van der Waals surface area (Å²) in [6, 6.07) is 13.7. The topological polar surface area (TPSA) is 55.2 Å².